The summed E-state index contributed by atoms with van der Waals surface area (Å²) in [6.45, 7) is 0. The summed E-state index contributed by atoms with van der Waals surface area (Å²) >= 11 is 11.6. The van der Waals surface area contributed by atoms with Crippen LogP contribution in [0.1, 0.15) is 16.5 Å². The molecule has 17 heavy (non-hydrogen) atoms. The molecule has 1 nitrogen and oxygen atoms in total. The van der Waals surface area contributed by atoms with Crippen LogP contribution in [0.3, 0.4) is 0 Å². The maximum Gasteiger partial charge on any atom is 0.128 e. The van der Waals surface area contributed by atoms with Gasteiger partial charge in [0.05, 0.1) is 9.83 Å². The molecular formula is C11H7Br3FNS. The van der Waals surface area contributed by atoms with Gasteiger partial charge in [0.25, 0.3) is 0 Å². The Morgan fingerprint density at radius 1 is 1.18 bits per heavy atom. The van der Waals surface area contributed by atoms with E-state index in [1.165, 1.54) is 17.4 Å². The van der Waals surface area contributed by atoms with Crippen LogP contribution in [0.2, 0.25) is 0 Å². The van der Waals surface area contributed by atoms with Crippen LogP contribution < -0.4 is 5.73 Å². The van der Waals surface area contributed by atoms with Crippen molar-refractivity contribution in [1.29, 1.82) is 0 Å². The Morgan fingerprint density at radius 2 is 1.88 bits per heavy atom. The van der Waals surface area contributed by atoms with Crippen LogP contribution in [0.15, 0.2) is 37.0 Å². The first-order chi connectivity index (χ1) is 7.99. The SMILES string of the molecule is NC(c1cc(Br)c(Br)s1)c1cc(Br)ccc1F. The molecule has 0 aliphatic rings. The molecule has 1 aromatic carbocycles. The average Bonchev–Trinajstić information content (AvgIpc) is 2.62. The second-order valence-corrected chi connectivity index (χ2v) is 7.59. The number of halogens is 4. The fourth-order valence-electron chi connectivity index (χ4n) is 1.42. The van der Waals surface area contributed by atoms with E-state index in [2.05, 4.69) is 47.8 Å². The molecular weight excluding hydrogens is 437 g/mol. The maximum atomic E-state index is 13.7. The smallest absolute Gasteiger partial charge is 0.128 e. The molecule has 0 aliphatic heterocycles. The predicted octanol–water partition coefficient (Wildman–Crippen LogP) is 5.22. The third-order valence-electron chi connectivity index (χ3n) is 2.26. The number of hydrogen-bond acceptors (Lipinski definition) is 2. The number of benzene rings is 1. The minimum absolute atomic E-state index is 0.290. The second kappa shape index (κ2) is 5.48. The fourth-order valence-corrected chi connectivity index (χ4v) is 3.91. The van der Waals surface area contributed by atoms with Gasteiger partial charge < -0.3 is 5.73 Å². The molecule has 1 atom stereocenters. The minimum atomic E-state index is -0.458. The standard InChI is InChI=1S/C11H7Br3FNS/c12-5-1-2-8(15)6(3-5)10(16)9-4-7(13)11(14)17-9/h1-4,10H,16H2. The van der Waals surface area contributed by atoms with Crippen LogP contribution in [0, 0.1) is 5.82 Å². The molecule has 0 aliphatic carbocycles. The Labute approximate surface area is 128 Å². The molecule has 1 aromatic heterocycles. The number of hydrogen-bond donors (Lipinski definition) is 1. The van der Waals surface area contributed by atoms with E-state index in [9.17, 15) is 4.39 Å². The highest BCUT2D eigenvalue weighted by molar-refractivity contribution is 9.13. The zero-order chi connectivity index (χ0) is 12.6. The normalized spacial score (nSPS) is 12.8. The number of thiophene rings is 1. The molecule has 0 spiro atoms. The highest BCUT2D eigenvalue weighted by Gasteiger charge is 2.17. The van der Waals surface area contributed by atoms with Crippen molar-refractivity contribution < 1.29 is 4.39 Å². The van der Waals surface area contributed by atoms with E-state index in [1.807, 2.05) is 6.07 Å². The van der Waals surface area contributed by atoms with E-state index >= 15 is 0 Å². The summed E-state index contributed by atoms with van der Waals surface area (Å²) in [5.74, 6) is -0.290. The first-order valence-corrected chi connectivity index (χ1v) is 7.84. The van der Waals surface area contributed by atoms with Crippen molar-refractivity contribution in [2.24, 2.45) is 5.73 Å². The van der Waals surface area contributed by atoms with Gasteiger partial charge in [0.2, 0.25) is 0 Å². The van der Waals surface area contributed by atoms with Crippen molar-refractivity contribution in [3.63, 3.8) is 0 Å². The quantitative estimate of drug-likeness (QED) is 0.676. The van der Waals surface area contributed by atoms with Crippen molar-refractivity contribution in [2.75, 3.05) is 0 Å². The molecule has 1 heterocycles. The van der Waals surface area contributed by atoms with Gasteiger partial charge in [-0.25, -0.2) is 4.39 Å². The molecule has 0 saturated carbocycles. The third-order valence-corrected chi connectivity index (χ3v) is 6.10. The van der Waals surface area contributed by atoms with Crippen molar-refractivity contribution in [3.8, 4) is 0 Å². The lowest BCUT2D eigenvalue weighted by atomic mass is 10.1. The predicted molar refractivity (Wildman–Crippen MR) is 79.8 cm³/mol. The largest absolute Gasteiger partial charge is 0.320 e. The first-order valence-electron chi connectivity index (χ1n) is 4.64. The van der Waals surface area contributed by atoms with Crippen LogP contribution in [0.4, 0.5) is 4.39 Å². The van der Waals surface area contributed by atoms with Gasteiger partial charge >= 0.3 is 0 Å². The van der Waals surface area contributed by atoms with Gasteiger partial charge in [-0.2, -0.15) is 0 Å². The van der Waals surface area contributed by atoms with Gasteiger partial charge in [-0.3, -0.25) is 0 Å². The Balaban J connectivity index is 2.42. The summed E-state index contributed by atoms with van der Waals surface area (Å²) in [5.41, 5.74) is 6.56. The van der Waals surface area contributed by atoms with Gasteiger partial charge in [0, 0.05) is 19.4 Å². The number of nitrogens with two attached hydrogens (primary N) is 1. The van der Waals surface area contributed by atoms with Crippen LogP contribution >= 0.6 is 59.1 Å². The van der Waals surface area contributed by atoms with Crippen LogP contribution in [0.25, 0.3) is 0 Å². The van der Waals surface area contributed by atoms with Gasteiger partial charge in [-0.1, -0.05) is 15.9 Å². The minimum Gasteiger partial charge on any atom is -0.320 e. The third kappa shape index (κ3) is 2.98. The lowest BCUT2D eigenvalue weighted by Gasteiger charge is -2.11. The summed E-state index contributed by atoms with van der Waals surface area (Å²) < 4.78 is 16.4. The van der Waals surface area contributed by atoms with Crippen LogP contribution in [-0.2, 0) is 0 Å². The molecule has 0 saturated heterocycles. The maximum absolute atomic E-state index is 13.7. The van der Waals surface area contributed by atoms with Crippen molar-refractivity contribution in [3.05, 3.63) is 53.3 Å². The fraction of sp³-hybridized carbons (Fsp3) is 0.0909. The van der Waals surface area contributed by atoms with Crippen LogP contribution in [-0.4, -0.2) is 0 Å². The van der Waals surface area contributed by atoms with E-state index in [0.29, 0.717) is 5.56 Å². The molecule has 0 radical (unpaired) electrons. The summed E-state index contributed by atoms with van der Waals surface area (Å²) in [6.07, 6.45) is 0. The first kappa shape index (κ1) is 13.7. The Kier molecular flexibility index (Phi) is 4.41. The molecule has 0 bridgehead atoms. The molecule has 1 unspecified atom stereocenters. The van der Waals surface area contributed by atoms with E-state index in [1.54, 1.807) is 12.1 Å². The zero-order valence-corrected chi connectivity index (χ0v) is 14.0. The zero-order valence-electron chi connectivity index (χ0n) is 8.38. The topological polar surface area (TPSA) is 26.0 Å². The van der Waals surface area contributed by atoms with E-state index in [-0.39, 0.29) is 5.82 Å². The molecule has 2 aromatic rings. The Morgan fingerprint density at radius 3 is 2.47 bits per heavy atom. The molecule has 2 rings (SSSR count). The van der Waals surface area contributed by atoms with Crippen LogP contribution in [0.5, 0.6) is 0 Å². The second-order valence-electron chi connectivity index (χ2n) is 3.41. The Bertz CT molecular complexity index is 536. The van der Waals surface area contributed by atoms with Crippen molar-refractivity contribution >= 4 is 59.1 Å². The molecule has 2 N–H and O–H groups in total. The lowest BCUT2D eigenvalue weighted by Crippen LogP contribution is -2.12. The van der Waals surface area contributed by atoms with Gasteiger partial charge in [0.15, 0.2) is 0 Å². The van der Waals surface area contributed by atoms with Gasteiger partial charge in [-0.05, 0) is 56.1 Å². The molecule has 0 fully saturated rings. The van der Waals surface area contributed by atoms with E-state index in [4.69, 9.17) is 5.73 Å². The molecule has 6 heteroatoms. The average molecular weight is 444 g/mol. The summed E-state index contributed by atoms with van der Waals surface area (Å²) in [5, 5.41) is 0. The van der Waals surface area contributed by atoms with Crippen molar-refractivity contribution in [1.82, 2.24) is 0 Å². The van der Waals surface area contributed by atoms with Crippen molar-refractivity contribution in [2.45, 2.75) is 6.04 Å². The summed E-state index contributed by atoms with van der Waals surface area (Å²) in [4.78, 5) is 0.903. The molecule has 90 valence electrons. The van der Waals surface area contributed by atoms with E-state index in [0.717, 1.165) is 17.6 Å². The molecule has 0 amide bonds. The van der Waals surface area contributed by atoms with Gasteiger partial charge in [0.1, 0.15) is 5.82 Å². The number of rotatable bonds is 2. The highest BCUT2D eigenvalue weighted by Crippen LogP contribution is 2.37. The summed E-state index contributed by atoms with van der Waals surface area (Å²) in [6, 6.07) is 6.23. The van der Waals surface area contributed by atoms with Gasteiger partial charge in [-0.15, -0.1) is 11.3 Å². The highest BCUT2D eigenvalue weighted by atomic mass is 79.9. The van der Waals surface area contributed by atoms with E-state index < -0.39 is 6.04 Å². The lowest BCUT2D eigenvalue weighted by molar-refractivity contribution is 0.600. The summed E-state index contributed by atoms with van der Waals surface area (Å²) in [7, 11) is 0. The monoisotopic (exact) mass is 441 g/mol. The Hall–Kier alpha value is 0.250.